The predicted octanol–water partition coefficient (Wildman–Crippen LogP) is 1.12. The molecule has 0 spiro atoms. The zero-order valence-corrected chi connectivity index (χ0v) is 10.8. The fourth-order valence-electron chi connectivity index (χ4n) is 1.69. The highest BCUT2D eigenvalue weighted by Crippen LogP contribution is 2.19. The first kappa shape index (κ1) is 12.2. The van der Waals surface area contributed by atoms with Crippen LogP contribution in [0.15, 0.2) is 4.99 Å². The fraction of sp³-hybridized carbons (Fsp3) is 0.909. The summed E-state index contributed by atoms with van der Waals surface area (Å²) in [5.74, 6) is 1.79. The van der Waals surface area contributed by atoms with Gasteiger partial charge in [-0.15, -0.1) is 0 Å². The normalized spacial score (nSPS) is 33.3. The highest BCUT2D eigenvalue weighted by Gasteiger charge is 2.23. The summed E-state index contributed by atoms with van der Waals surface area (Å²) in [6.07, 6.45) is 0.141. The van der Waals surface area contributed by atoms with Crippen LogP contribution in [0, 0.1) is 5.92 Å². The molecule has 0 aromatic carbocycles. The third kappa shape index (κ3) is 3.37. The molecule has 4 nitrogen and oxygen atoms in total. The third-order valence-corrected chi connectivity index (χ3v) is 3.88. The summed E-state index contributed by atoms with van der Waals surface area (Å²) in [5.41, 5.74) is 0. The van der Waals surface area contributed by atoms with E-state index in [1.165, 1.54) is 0 Å². The van der Waals surface area contributed by atoms with Crippen molar-refractivity contribution in [1.29, 1.82) is 0 Å². The molecular weight excluding hydrogens is 224 g/mol. The summed E-state index contributed by atoms with van der Waals surface area (Å²) in [7, 11) is 0. The SMILES string of the molecule is CC(C)C1CSC(=NCC2COCCO2)N1. The van der Waals surface area contributed by atoms with Gasteiger partial charge < -0.3 is 14.8 Å². The van der Waals surface area contributed by atoms with Crippen molar-refractivity contribution in [3.05, 3.63) is 0 Å². The molecule has 2 aliphatic heterocycles. The standard InChI is InChI=1S/C11H20N2O2S/c1-8(2)10-7-16-11(13-10)12-5-9-6-14-3-4-15-9/h8-10H,3-7H2,1-2H3,(H,12,13). The summed E-state index contributed by atoms with van der Waals surface area (Å²) in [6, 6.07) is 0.562. The van der Waals surface area contributed by atoms with Crippen molar-refractivity contribution in [3.8, 4) is 0 Å². The predicted molar refractivity (Wildman–Crippen MR) is 67.1 cm³/mol. The van der Waals surface area contributed by atoms with E-state index in [2.05, 4.69) is 24.2 Å². The molecule has 2 fully saturated rings. The van der Waals surface area contributed by atoms with Gasteiger partial charge in [-0.2, -0.15) is 0 Å². The van der Waals surface area contributed by atoms with Crippen LogP contribution in [-0.4, -0.2) is 49.4 Å². The number of rotatable bonds is 3. The second-order valence-corrected chi connectivity index (χ2v) is 5.53. The maximum atomic E-state index is 5.54. The Labute approximate surface area is 101 Å². The van der Waals surface area contributed by atoms with E-state index in [-0.39, 0.29) is 6.10 Å². The van der Waals surface area contributed by atoms with Crippen LogP contribution in [-0.2, 0) is 9.47 Å². The molecule has 0 aliphatic carbocycles. The monoisotopic (exact) mass is 244 g/mol. The first-order valence-corrected chi connectivity index (χ1v) is 6.87. The smallest absolute Gasteiger partial charge is 0.156 e. The van der Waals surface area contributed by atoms with Crippen molar-refractivity contribution >= 4 is 16.9 Å². The number of amidine groups is 1. The van der Waals surface area contributed by atoms with Crippen LogP contribution < -0.4 is 5.32 Å². The molecule has 2 atom stereocenters. The van der Waals surface area contributed by atoms with Crippen LogP contribution in [0.3, 0.4) is 0 Å². The minimum atomic E-state index is 0.141. The molecule has 0 aromatic rings. The summed E-state index contributed by atoms with van der Waals surface area (Å²) in [6.45, 7) is 7.27. The first-order chi connectivity index (χ1) is 7.75. The van der Waals surface area contributed by atoms with Gasteiger partial charge in [0.2, 0.25) is 0 Å². The van der Waals surface area contributed by atoms with Crippen molar-refractivity contribution in [1.82, 2.24) is 5.32 Å². The number of hydrogen-bond acceptors (Lipinski definition) is 4. The molecule has 2 unspecified atom stereocenters. The molecule has 16 heavy (non-hydrogen) atoms. The molecule has 0 bridgehead atoms. The highest BCUT2D eigenvalue weighted by molar-refractivity contribution is 8.14. The molecule has 92 valence electrons. The minimum Gasteiger partial charge on any atom is -0.376 e. The number of thioether (sulfide) groups is 1. The Bertz CT molecular complexity index is 252. The number of nitrogens with one attached hydrogen (secondary N) is 1. The lowest BCUT2D eigenvalue weighted by Crippen LogP contribution is -2.33. The van der Waals surface area contributed by atoms with Gasteiger partial charge in [0.25, 0.3) is 0 Å². The lowest BCUT2D eigenvalue weighted by atomic mass is 10.1. The maximum absolute atomic E-state index is 5.54. The quantitative estimate of drug-likeness (QED) is 0.808. The second kappa shape index (κ2) is 5.89. The summed E-state index contributed by atoms with van der Waals surface area (Å²) < 4.78 is 10.9. The van der Waals surface area contributed by atoms with Crippen molar-refractivity contribution in [2.45, 2.75) is 26.0 Å². The van der Waals surface area contributed by atoms with Crippen molar-refractivity contribution < 1.29 is 9.47 Å². The summed E-state index contributed by atoms with van der Waals surface area (Å²) in [5, 5.41) is 4.51. The van der Waals surface area contributed by atoms with E-state index < -0.39 is 0 Å². The molecule has 0 aromatic heterocycles. The highest BCUT2D eigenvalue weighted by atomic mass is 32.2. The van der Waals surface area contributed by atoms with Gasteiger partial charge in [-0.05, 0) is 5.92 Å². The van der Waals surface area contributed by atoms with E-state index in [0.717, 1.165) is 17.5 Å². The summed E-state index contributed by atoms with van der Waals surface area (Å²) in [4.78, 5) is 4.54. The molecule has 0 saturated carbocycles. The topological polar surface area (TPSA) is 42.9 Å². The van der Waals surface area contributed by atoms with Crippen molar-refractivity contribution in [3.63, 3.8) is 0 Å². The molecule has 2 saturated heterocycles. The molecule has 0 amide bonds. The van der Waals surface area contributed by atoms with E-state index >= 15 is 0 Å². The minimum absolute atomic E-state index is 0.141. The Morgan fingerprint density at radius 3 is 3.00 bits per heavy atom. The van der Waals surface area contributed by atoms with Crippen LogP contribution in [0.1, 0.15) is 13.8 Å². The van der Waals surface area contributed by atoms with Gasteiger partial charge in [-0.1, -0.05) is 25.6 Å². The molecule has 2 rings (SSSR count). The molecule has 0 radical (unpaired) electrons. The fourth-order valence-corrected chi connectivity index (χ4v) is 2.89. The number of hydrogen-bond donors (Lipinski definition) is 1. The molecule has 1 N–H and O–H groups in total. The number of ether oxygens (including phenoxy) is 2. The van der Waals surface area contributed by atoms with Crippen LogP contribution in [0.4, 0.5) is 0 Å². The number of nitrogens with zero attached hydrogens (tertiary/aromatic N) is 1. The van der Waals surface area contributed by atoms with E-state index in [4.69, 9.17) is 9.47 Å². The van der Waals surface area contributed by atoms with Gasteiger partial charge in [0.15, 0.2) is 5.17 Å². The summed E-state index contributed by atoms with van der Waals surface area (Å²) >= 11 is 1.81. The zero-order valence-electron chi connectivity index (χ0n) is 9.94. The lowest BCUT2D eigenvalue weighted by Gasteiger charge is -2.21. The van der Waals surface area contributed by atoms with Crippen molar-refractivity contribution in [2.75, 3.05) is 32.1 Å². The lowest BCUT2D eigenvalue weighted by molar-refractivity contribution is -0.0832. The van der Waals surface area contributed by atoms with Gasteiger partial charge in [0, 0.05) is 11.8 Å². The molecular formula is C11H20N2O2S. The van der Waals surface area contributed by atoms with Crippen molar-refractivity contribution in [2.24, 2.45) is 10.9 Å². The molecule has 2 heterocycles. The largest absolute Gasteiger partial charge is 0.376 e. The Hall–Kier alpha value is -0.260. The van der Waals surface area contributed by atoms with Gasteiger partial charge in [-0.25, -0.2) is 0 Å². The maximum Gasteiger partial charge on any atom is 0.156 e. The van der Waals surface area contributed by atoms with E-state index in [9.17, 15) is 0 Å². The number of aliphatic imine (C=N–C) groups is 1. The van der Waals surface area contributed by atoms with E-state index in [1.54, 1.807) is 0 Å². The third-order valence-electron chi connectivity index (χ3n) is 2.84. The Morgan fingerprint density at radius 2 is 2.38 bits per heavy atom. The van der Waals surface area contributed by atoms with Gasteiger partial charge in [-0.3, -0.25) is 4.99 Å². The van der Waals surface area contributed by atoms with Gasteiger partial charge in [0.1, 0.15) is 6.10 Å². The zero-order chi connectivity index (χ0) is 11.4. The average molecular weight is 244 g/mol. The van der Waals surface area contributed by atoms with Crippen LogP contribution in [0.25, 0.3) is 0 Å². The Morgan fingerprint density at radius 1 is 1.50 bits per heavy atom. The van der Waals surface area contributed by atoms with Crippen LogP contribution in [0.2, 0.25) is 0 Å². The van der Waals surface area contributed by atoms with Crippen LogP contribution >= 0.6 is 11.8 Å². The molecule has 5 heteroatoms. The average Bonchev–Trinajstić information content (AvgIpc) is 2.76. The second-order valence-electron chi connectivity index (χ2n) is 4.52. The Balaban J connectivity index is 1.75. The van der Waals surface area contributed by atoms with Gasteiger partial charge >= 0.3 is 0 Å². The van der Waals surface area contributed by atoms with E-state index in [0.29, 0.717) is 31.7 Å². The Kier molecular flexibility index (Phi) is 4.49. The van der Waals surface area contributed by atoms with Crippen LogP contribution in [0.5, 0.6) is 0 Å². The molecule has 2 aliphatic rings. The first-order valence-electron chi connectivity index (χ1n) is 5.89. The van der Waals surface area contributed by atoms with Gasteiger partial charge in [0.05, 0.1) is 26.4 Å². The van der Waals surface area contributed by atoms with E-state index in [1.807, 2.05) is 11.8 Å².